The van der Waals surface area contributed by atoms with Gasteiger partial charge in [-0.15, -0.1) is 0 Å². The van der Waals surface area contributed by atoms with E-state index in [2.05, 4.69) is 21.2 Å². The van der Waals surface area contributed by atoms with Gasteiger partial charge in [-0.3, -0.25) is 0 Å². The average molecular weight is 276 g/mol. The van der Waals surface area contributed by atoms with Gasteiger partial charge < -0.3 is 10.4 Å². The summed E-state index contributed by atoms with van der Waals surface area (Å²) in [6.45, 7) is 2.68. The third-order valence-electron chi connectivity index (χ3n) is 2.16. The van der Waals surface area contributed by atoms with Gasteiger partial charge in [-0.25, -0.2) is 4.39 Å². The summed E-state index contributed by atoms with van der Waals surface area (Å²) in [7, 11) is 0. The van der Waals surface area contributed by atoms with E-state index in [9.17, 15) is 9.50 Å². The number of halogens is 2. The van der Waals surface area contributed by atoms with Crippen LogP contribution in [0.2, 0.25) is 0 Å². The lowest BCUT2D eigenvalue weighted by molar-refractivity contribution is 0.242. The standard InChI is InChI=1S/C11H15BrFNO/c1-2-5-14-11(7-15)9-6-8(12)3-4-10(9)13/h3-4,6,11,14-15H,2,5,7H2,1H3. The van der Waals surface area contributed by atoms with Crippen molar-refractivity contribution in [3.8, 4) is 0 Å². The largest absolute Gasteiger partial charge is 0.394 e. The molecular weight excluding hydrogens is 261 g/mol. The van der Waals surface area contributed by atoms with Crippen LogP contribution in [0.15, 0.2) is 22.7 Å². The van der Waals surface area contributed by atoms with Crippen LogP contribution < -0.4 is 5.32 Å². The third kappa shape index (κ3) is 3.55. The molecule has 2 N–H and O–H groups in total. The molecule has 0 aromatic heterocycles. The molecule has 1 unspecified atom stereocenters. The molecule has 15 heavy (non-hydrogen) atoms. The van der Waals surface area contributed by atoms with Gasteiger partial charge in [0.1, 0.15) is 5.82 Å². The van der Waals surface area contributed by atoms with Gasteiger partial charge in [-0.1, -0.05) is 22.9 Å². The molecule has 0 amide bonds. The second-order valence-corrected chi connectivity index (χ2v) is 4.27. The van der Waals surface area contributed by atoms with Crippen LogP contribution in [0, 0.1) is 5.82 Å². The van der Waals surface area contributed by atoms with Crippen molar-refractivity contribution in [2.45, 2.75) is 19.4 Å². The van der Waals surface area contributed by atoms with Gasteiger partial charge >= 0.3 is 0 Å². The van der Waals surface area contributed by atoms with Gasteiger partial charge in [-0.2, -0.15) is 0 Å². The fourth-order valence-electron chi connectivity index (χ4n) is 1.37. The first kappa shape index (κ1) is 12.6. The maximum atomic E-state index is 13.5. The number of aliphatic hydroxyl groups excluding tert-OH is 1. The van der Waals surface area contributed by atoms with Crippen LogP contribution in [0.4, 0.5) is 4.39 Å². The molecule has 0 fully saturated rings. The highest BCUT2D eigenvalue weighted by atomic mass is 79.9. The van der Waals surface area contributed by atoms with E-state index in [1.165, 1.54) is 6.07 Å². The number of nitrogens with one attached hydrogen (secondary N) is 1. The Balaban J connectivity index is 2.85. The van der Waals surface area contributed by atoms with Crippen molar-refractivity contribution >= 4 is 15.9 Å². The van der Waals surface area contributed by atoms with Crippen molar-refractivity contribution in [1.29, 1.82) is 0 Å². The Labute approximate surface area is 97.6 Å². The molecule has 0 aliphatic heterocycles. The molecule has 0 heterocycles. The van der Waals surface area contributed by atoms with Crippen LogP contribution in [-0.4, -0.2) is 18.3 Å². The summed E-state index contributed by atoms with van der Waals surface area (Å²) in [5, 5.41) is 12.3. The highest BCUT2D eigenvalue weighted by Gasteiger charge is 2.14. The molecular formula is C11H15BrFNO. The smallest absolute Gasteiger partial charge is 0.128 e. The fraction of sp³-hybridized carbons (Fsp3) is 0.455. The first-order valence-corrected chi connectivity index (χ1v) is 5.77. The molecule has 1 rings (SSSR count). The predicted molar refractivity (Wildman–Crippen MR) is 62.2 cm³/mol. The minimum Gasteiger partial charge on any atom is -0.394 e. The van der Waals surface area contributed by atoms with E-state index >= 15 is 0 Å². The highest BCUT2D eigenvalue weighted by Crippen LogP contribution is 2.21. The summed E-state index contributed by atoms with van der Waals surface area (Å²) in [6, 6.07) is 4.41. The Bertz CT molecular complexity index is 319. The second kappa shape index (κ2) is 6.20. The molecule has 0 saturated heterocycles. The second-order valence-electron chi connectivity index (χ2n) is 3.36. The minimum atomic E-state index is -0.331. The first-order chi connectivity index (χ1) is 7.19. The van der Waals surface area contributed by atoms with Crippen molar-refractivity contribution in [3.05, 3.63) is 34.1 Å². The van der Waals surface area contributed by atoms with Crippen molar-refractivity contribution in [1.82, 2.24) is 5.32 Å². The van der Waals surface area contributed by atoms with Gasteiger partial charge in [0, 0.05) is 10.0 Å². The zero-order valence-corrected chi connectivity index (χ0v) is 10.2. The molecule has 2 nitrogen and oxygen atoms in total. The maximum Gasteiger partial charge on any atom is 0.128 e. The molecule has 1 aromatic rings. The van der Waals surface area contributed by atoms with E-state index in [4.69, 9.17) is 0 Å². The molecule has 84 valence electrons. The quantitative estimate of drug-likeness (QED) is 0.866. The van der Waals surface area contributed by atoms with Crippen molar-refractivity contribution in [3.63, 3.8) is 0 Å². The third-order valence-corrected chi connectivity index (χ3v) is 2.65. The van der Waals surface area contributed by atoms with Gasteiger partial charge in [0.15, 0.2) is 0 Å². The molecule has 0 aliphatic rings. The predicted octanol–water partition coefficient (Wildman–Crippen LogP) is 2.62. The summed E-state index contributed by atoms with van der Waals surface area (Å²) in [6.07, 6.45) is 0.951. The summed E-state index contributed by atoms with van der Waals surface area (Å²) in [4.78, 5) is 0. The van der Waals surface area contributed by atoms with Crippen LogP contribution in [0.5, 0.6) is 0 Å². The minimum absolute atomic E-state index is 0.104. The fourth-order valence-corrected chi connectivity index (χ4v) is 1.75. The lowest BCUT2D eigenvalue weighted by atomic mass is 10.1. The lowest BCUT2D eigenvalue weighted by Gasteiger charge is -2.17. The molecule has 0 saturated carbocycles. The Morgan fingerprint density at radius 3 is 2.87 bits per heavy atom. The number of rotatable bonds is 5. The summed E-state index contributed by atoms with van der Waals surface area (Å²) in [5.41, 5.74) is 0.500. The van der Waals surface area contributed by atoms with Gasteiger partial charge in [0.05, 0.1) is 12.6 Å². The molecule has 0 aliphatic carbocycles. The topological polar surface area (TPSA) is 32.3 Å². The monoisotopic (exact) mass is 275 g/mol. The molecule has 4 heteroatoms. The SMILES string of the molecule is CCCNC(CO)c1cc(Br)ccc1F. The normalized spacial score (nSPS) is 12.8. The van der Waals surface area contributed by atoms with Crippen LogP contribution in [0.3, 0.4) is 0 Å². The van der Waals surface area contributed by atoms with E-state index in [0.717, 1.165) is 17.4 Å². The van der Waals surface area contributed by atoms with Crippen LogP contribution >= 0.6 is 15.9 Å². The number of benzene rings is 1. The Morgan fingerprint density at radius 2 is 2.27 bits per heavy atom. The van der Waals surface area contributed by atoms with Crippen molar-refractivity contribution < 1.29 is 9.50 Å². The highest BCUT2D eigenvalue weighted by molar-refractivity contribution is 9.10. The summed E-state index contributed by atoms with van der Waals surface area (Å²) >= 11 is 3.29. The average Bonchev–Trinajstić information content (AvgIpc) is 2.24. The summed E-state index contributed by atoms with van der Waals surface area (Å²) in [5.74, 6) is -0.291. The molecule has 0 radical (unpaired) electrons. The Hall–Kier alpha value is -0.450. The van der Waals surface area contributed by atoms with E-state index in [-0.39, 0.29) is 18.5 Å². The van der Waals surface area contributed by atoms with Crippen molar-refractivity contribution in [2.24, 2.45) is 0 Å². The van der Waals surface area contributed by atoms with E-state index < -0.39 is 0 Å². The van der Waals surface area contributed by atoms with Gasteiger partial charge in [0.2, 0.25) is 0 Å². The zero-order valence-electron chi connectivity index (χ0n) is 8.63. The molecule has 1 aromatic carbocycles. The van der Waals surface area contributed by atoms with E-state index in [1.807, 2.05) is 6.92 Å². The van der Waals surface area contributed by atoms with Gasteiger partial charge in [0.25, 0.3) is 0 Å². The lowest BCUT2D eigenvalue weighted by Crippen LogP contribution is -2.25. The van der Waals surface area contributed by atoms with E-state index in [1.54, 1.807) is 12.1 Å². The van der Waals surface area contributed by atoms with Crippen LogP contribution in [-0.2, 0) is 0 Å². The first-order valence-electron chi connectivity index (χ1n) is 4.98. The zero-order chi connectivity index (χ0) is 11.3. The molecule has 1 atom stereocenters. The number of hydrogen-bond acceptors (Lipinski definition) is 2. The number of hydrogen-bond donors (Lipinski definition) is 2. The van der Waals surface area contributed by atoms with Crippen LogP contribution in [0.25, 0.3) is 0 Å². The molecule has 0 bridgehead atoms. The van der Waals surface area contributed by atoms with Crippen molar-refractivity contribution in [2.75, 3.05) is 13.2 Å². The Kier molecular flexibility index (Phi) is 5.22. The van der Waals surface area contributed by atoms with Gasteiger partial charge in [-0.05, 0) is 31.2 Å². The number of aliphatic hydroxyl groups is 1. The van der Waals surface area contributed by atoms with E-state index in [0.29, 0.717) is 5.56 Å². The molecule has 0 spiro atoms. The summed E-state index contributed by atoms with van der Waals surface area (Å²) < 4.78 is 14.3. The van der Waals surface area contributed by atoms with Crippen LogP contribution in [0.1, 0.15) is 24.9 Å². The maximum absolute atomic E-state index is 13.5. The Morgan fingerprint density at radius 1 is 1.53 bits per heavy atom.